The summed E-state index contributed by atoms with van der Waals surface area (Å²) in [6, 6.07) is 5.93. The number of carbonyl (C=O) groups is 1. The smallest absolute Gasteiger partial charge is 0.251 e. The largest absolute Gasteiger partial charge is 0.393 e. The van der Waals surface area contributed by atoms with Crippen LogP contribution in [-0.4, -0.2) is 49.0 Å². The molecule has 0 spiro atoms. The maximum absolute atomic E-state index is 12.4. The topological polar surface area (TPSA) is 86.7 Å². The summed E-state index contributed by atoms with van der Waals surface area (Å²) in [5.41, 5.74) is 0.437. The van der Waals surface area contributed by atoms with Crippen LogP contribution in [-0.2, 0) is 10.0 Å². The van der Waals surface area contributed by atoms with Crippen LogP contribution in [0.3, 0.4) is 0 Å². The van der Waals surface area contributed by atoms with E-state index in [1.807, 2.05) is 0 Å². The van der Waals surface area contributed by atoms with Gasteiger partial charge in [0, 0.05) is 24.7 Å². The molecular weight excluding hydrogens is 328 g/mol. The van der Waals surface area contributed by atoms with Gasteiger partial charge in [0.2, 0.25) is 10.0 Å². The summed E-state index contributed by atoms with van der Waals surface area (Å²) >= 11 is 0. The van der Waals surface area contributed by atoms with E-state index < -0.39 is 10.0 Å². The van der Waals surface area contributed by atoms with Crippen molar-refractivity contribution in [2.75, 3.05) is 7.05 Å². The SMILES string of the molecule is CC(C)N(C)S(=O)(=O)c1ccc(C(=O)NC2CCC(O)CC2)cc1. The van der Waals surface area contributed by atoms with Gasteiger partial charge in [-0.1, -0.05) is 0 Å². The number of sulfonamides is 1. The van der Waals surface area contributed by atoms with Crippen LogP contribution < -0.4 is 5.32 Å². The fourth-order valence-corrected chi connectivity index (χ4v) is 4.08. The maximum atomic E-state index is 12.4. The molecule has 0 radical (unpaired) electrons. The van der Waals surface area contributed by atoms with Gasteiger partial charge in [0.1, 0.15) is 0 Å². The standard InChI is InChI=1S/C17H26N2O4S/c1-12(2)19(3)24(22,23)16-10-4-13(5-11-16)17(21)18-14-6-8-15(20)9-7-14/h4-5,10-12,14-15,20H,6-9H2,1-3H3,(H,18,21). The van der Waals surface area contributed by atoms with Crippen molar-refractivity contribution in [1.29, 1.82) is 0 Å². The molecular formula is C17H26N2O4S. The number of carbonyl (C=O) groups excluding carboxylic acids is 1. The molecule has 1 aliphatic carbocycles. The van der Waals surface area contributed by atoms with Crippen molar-refractivity contribution in [3.05, 3.63) is 29.8 Å². The third-order valence-corrected chi connectivity index (χ3v) is 6.60. The lowest BCUT2D eigenvalue weighted by Gasteiger charge is -2.26. The van der Waals surface area contributed by atoms with Crippen LogP contribution in [0.1, 0.15) is 49.9 Å². The minimum absolute atomic E-state index is 0.0661. The van der Waals surface area contributed by atoms with Gasteiger partial charge in [0.05, 0.1) is 11.0 Å². The number of aliphatic hydroxyl groups excluding tert-OH is 1. The summed E-state index contributed by atoms with van der Waals surface area (Å²) < 4.78 is 26.1. The molecule has 134 valence electrons. The molecule has 0 aromatic heterocycles. The lowest BCUT2D eigenvalue weighted by atomic mass is 9.93. The summed E-state index contributed by atoms with van der Waals surface area (Å²) in [5.74, 6) is -0.211. The third-order valence-electron chi connectivity index (χ3n) is 4.55. The van der Waals surface area contributed by atoms with Gasteiger partial charge in [0.25, 0.3) is 5.91 Å². The first-order valence-electron chi connectivity index (χ1n) is 8.29. The van der Waals surface area contributed by atoms with E-state index in [2.05, 4.69) is 5.32 Å². The van der Waals surface area contributed by atoms with Crippen molar-refractivity contribution in [1.82, 2.24) is 9.62 Å². The second kappa shape index (κ2) is 7.63. The van der Waals surface area contributed by atoms with Crippen molar-refractivity contribution in [2.24, 2.45) is 0 Å². The molecule has 1 fully saturated rings. The number of nitrogens with one attached hydrogen (secondary N) is 1. The maximum Gasteiger partial charge on any atom is 0.251 e. The molecule has 2 rings (SSSR count). The van der Waals surface area contributed by atoms with E-state index in [4.69, 9.17) is 0 Å². The van der Waals surface area contributed by atoms with Gasteiger partial charge in [-0.2, -0.15) is 4.31 Å². The Hall–Kier alpha value is -1.44. The van der Waals surface area contributed by atoms with Gasteiger partial charge < -0.3 is 10.4 Å². The van der Waals surface area contributed by atoms with Gasteiger partial charge in [0.15, 0.2) is 0 Å². The third kappa shape index (κ3) is 4.34. The number of rotatable bonds is 5. The van der Waals surface area contributed by atoms with Crippen molar-refractivity contribution < 1.29 is 18.3 Å². The van der Waals surface area contributed by atoms with Crippen LogP contribution in [0, 0.1) is 0 Å². The Bertz CT molecular complexity index is 662. The Kier molecular flexibility index (Phi) is 6.01. The van der Waals surface area contributed by atoms with Crippen molar-refractivity contribution in [3.63, 3.8) is 0 Å². The molecule has 0 aliphatic heterocycles. The Balaban J connectivity index is 2.05. The highest BCUT2D eigenvalue weighted by atomic mass is 32.2. The second-order valence-corrected chi connectivity index (χ2v) is 8.62. The lowest BCUT2D eigenvalue weighted by Crippen LogP contribution is -2.38. The number of aliphatic hydroxyl groups is 1. The Morgan fingerprint density at radius 3 is 2.21 bits per heavy atom. The molecule has 0 heterocycles. The quantitative estimate of drug-likeness (QED) is 0.843. The van der Waals surface area contributed by atoms with E-state index in [1.165, 1.54) is 35.6 Å². The highest BCUT2D eigenvalue weighted by Crippen LogP contribution is 2.20. The van der Waals surface area contributed by atoms with Crippen molar-refractivity contribution in [2.45, 2.75) is 62.6 Å². The Labute approximate surface area is 143 Å². The first kappa shape index (κ1) is 18.9. The van der Waals surface area contributed by atoms with Crippen LogP contribution >= 0.6 is 0 Å². The fraction of sp³-hybridized carbons (Fsp3) is 0.588. The second-order valence-electron chi connectivity index (χ2n) is 6.62. The first-order chi connectivity index (χ1) is 11.2. The fourth-order valence-electron chi connectivity index (χ4n) is 2.71. The highest BCUT2D eigenvalue weighted by Gasteiger charge is 2.24. The van der Waals surface area contributed by atoms with E-state index >= 15 is 0 Å². The summed E-state index contributed by atoms with van der Waals surface area (Å²) in [6.45, 7) is 3.61. The van der Waals surface area contributed by atoms with E-state index in [0.717, 1.165) is 12.8 Å². The zero-order valence-electron chi connectivity index (χ0n) is 14.4. The molecule has 1 aliphatic rings. The zero-order chi connectivity index (χ0) is 17.9. The summed E-state index contributed by atoms with van der Waals surface area (Å²) in [7, 11) is -2.00. The molecule has 1 aromatic carbocycles. The van der Waals surface area contributed by atoms with Crippen LogP contribution in [0.2, 0.25) is 0 Å². The summed E-state index contributed by atoms with van der Waals surface area (Å²) in [6.07, 6.45) is 2.66. The van der Waals surface area contributed by atoms with Crippen LogP contribution in [0.5, 0.6) is 0 Å². The molecule has 2 N–H and O–H groups in total. The normalized spacial score (nSPS) is 21.9. The average Bonchev–Trinajstić information content (AvgIpc) is 2.56. The van der Waals surface area contributed by atoms with Gasteiger partial charge in [-0.05, 0) is 63.8 Å². The molecule has 1 aromatic rings. The molecule has 6 nitrogen and oxygen atoms in total. The van der Waals surface area contributed by atoms with E-state index in [9.17, 15) is 18.3 Å². The molecule has 0 unspecified atom stereocenters. The molecule has 0 atom stereocenters. The molecule has 7 heteroatoms. The van der Waals surface area contributed by atoms with Gasteiger partial charge in [-0.3, -0.25) is 4.79 Å². The predicted octanol–water partition coefficient (Wildman–Crippen LogP) is 1.75. The molecule has 1 saturated carbocycles. The highest BCUT2D eigenvalue weighted by molar-refractivity contribution is 7.89. The van der Waals surface area contributed by atoms with Gasteiger partial charge in [-0.15, -0.1) is 0 Å². The van der Waals surface area contributed by atoms with E-state index in [-0.39, 0.29) is 29.0 Å². The van der Waals surface area contributed by atoms with Crippen molar-refractivity contribution >= 4 is 15.9 Å². The predicted molar refractivity (Wildman–Crippen MR) is 92.3 cm³/mol. The monoisotopic (exact) mass is 354 g/mol. The molecule has 0 bridgehead atoms. The summed E-state index contributed by atoms with van der Waals surface area (Å²) in [4.78, 5) is 12.4. The van der Waals surface area contributed by atoms with Crippen LogP contribution in [0.4, 0.5) is 0 Å². The number of benzene rings is 1. The van der Waals surface area contributed by atoms with Crippen molar-refractivity contribution in [3.8, 4) is 0 Å². The number of nitrogens with zero attached hydrogens (tertiary/aromatic N) is 1. The number of hydrogen-bond acceptors (Lipinski definition) is 4. The van der Waals surface area contributed by atoms with Crippen LogP contribution in [0.25, 0.3) is 0 Å². The number of amides is 1. The zero-order valence-corrected chi connectivity index (χ0v) is 15.2. The average molecular weight is 354 g/mol. The minimum Gasteiger partial charge on any atom is -0.393 e. The Morgan fingerprint density at radius 1 is 1.17 bits per heavy atom. The summed E-state index contributed by atoms with van der Waals surface area (Å²) in [5, 5.41) is 12.4. The minimum atomic E-state index is -3.54. The first-order valence-corrected chi connectivity index (χ1v) is 9.73. The van der Waals surface area contributed by atoms with E-state index in [1.54, 1.807) is 13.8 Å². The van der Waals surface area contributed by atoms with Gasteiger partial charge >= 0.3 is 0 Å². The number of hydrogen-bond donors (Lipinski definition) is 2. The molecule has 24 heavy (non-hydrogen) atoms. The Morgan fingerprint density at radius 2 is 1.71 bits per heavy atom. The van der Waals surface area contributed by atoms with E-state index in [0.29, 0.717) is 18.4 Å². The molecule has 1 amide bonds. The lowest BCUT2D eigenvalue weighted by molar-refractivity contribution is 0.0867. The van der Waals surface area contributed by atoms with Crippen LogP contribution in [0.15, 0.2) is 29.2 Å². The molecule has 0 saturated heterocycles. The van der Waals surface area contributed by atoms with Gasteiger partial charge in [-0.25, -0.2) is 8.42 Å².